The van der Waals surface area contributed by atoms with Crippen molar-refractivity contribution in [2.75, 3.05) is 0 Å². The number of carboxylic acid groups (broad SMARTS) is 3. The van der Waals surface area contributed by atoms with Crippen molar-refractivity contribution in [2.24, 2.45) is 0 Å². The summed E-state index contributed by atoms with van der Waals surface area (Å²) >= 11 is 0. The van der Waals surface area contributed by atoms with Gasteiger partial charge in [-0.25, -0.2) is 0 Å². The van der Waals surface area contributed by atoms with Crippen LogP contribution in [0.1, 0.15) is 12.8 Å². The first-order chi connectivity index (χ1) is 5.78. The van der Waals surface area contributed by atoms with E-state index in [4.69, 9.17) is 5.11 Å². The minimum Gasteiger partial charge on any atom is -0.550 e. The third-order valence-electron chi connectivity index (χ3n) is 1.25. The molecule has 0 radical (unpaired) electrons. The molecule has 0 aliphatic rings. The molecule has 7 nitrogen and oxygen atoms in total. The molecule has 0 aromatic rings. The van der Waals surface area contributed by atoms with E-state index in [1.54, 1.807) is 0 Å². The van der Waals surface area contributed by atoms with Crippen molar-refractivity contribution in [3.63, 3.8) is 0 Å². The third kappa shape index (κ3) is 5.36. The standard InChI is InChI=1S/C6H8O7.Lu/c7-3(8)1-6(13,5(11)12)2-4(9)10;/h13H,1-2H2,(H,7,8)(H,9,10)(H,11,12);/q;+3/p-3. The Morgan fingerprint density at radius 3 is 1.43 bits per heavy atom. The van der Waals surface area contributed by atoms with Gasteiger partial charge >= 0.3 is 36.9 Å². The summed E-state index contributed by atoms with van der Waals surface area (Å²) in [5.41, 5.74) is -2.97. The van der Waals surface area contributed by atoms with E-state index in [9.17, 15) is 29.7 Å². The molecule has 86 valence electrons. The molecule has 0 bridgehead atoms. The number of aliphatic carboxylic acids is 3. The molecule has 0 amide bonds. The van der Waals surface area contributed by atoms with Crippen molar-refractivity contribution in [2.45, 2.75) is 18.4 Å². The van der Waals surface area contributed by atoms with Gasteiger partial charge in [0.05, 0.1) is 5.97 Å². The number of rotatable bonds is 5. The first-order valence-electron chi connectivity index (χ1n) is 3.11. The molecule has 1 N–H and O–H groups in total. The van der Waals surface area contributed by atoms with Gasteiger partial charge in [0.1, 0.15) is 5.60 Å². The average Bonchev–Trinajstić information content (AvgIpc) is 1.82. The van der Waals surface area contributed by atoms with Crippen LogP contribution in [-0.2, 0) is 14.4 Å². The van der Waals surface area contributed by atoms with Crippen LogP contribution >= 0.6 is 0 Å². The van der Waals surface area contributed by atoms with Crippen LogP contribution < -0.4 is 15.3 Å². The molecule has 0 spiro atoms. The molecule has 14 heavy (non-hydrogen) atoms. The zero-order valence-corrected chi connectivity index (χ0v) is 8.23. The van der Waals surface area contributed by atoms with E-state index in [2.05, 4.69) is 0 Å². The van der Waals surface area contributed by atoms with E-state index in [0.29, 0.717) is 0 Å². The van der Waals surface area contributed by atoms with Crippen LogP contribution in [0.4, 0.5) is 0 Å². The minimum atomic E-state index is -2.97. The Balaban J connectivity index is 0. The van der Waals surface area contributed by atoms with Crippen molar-refractivity contribution >= 4 is 17.9 Å². The molecule has 0 heterocycles. The topological polar surface area (TPSA) is 141 Å². The van der Waals surface area contributed by atoms with Gasteiger partial charge in [-0.05, 0) is 0 Å². The van der Waals surface area contributed by atoms with Crippen LogP contribution in [0.15, 0.2) is 0 Å². The van der Waals surface area contributed by atoms with Crippen LogP contribution in [0.3, 0.4) is 0 Å². The molecule has 0 atom stereocenters. The number of carbonyl (C=O) groups excluding carboxylic acids is 3. The quantitative estimate of drug-likeness (QED) is 0.514. The molecular weight excluding hydrogens is 359 g/mol. The minimum absolute atomic E-state index is 0. The number of hydrogen-bond acceptors (Lipinski definition) is 7. The van der Waals surface area contributed by atoms with Gasteiger partial charge in [0.25, 0.3) is 0 Å². The molecule has 0 aliphatic carbocycles. The van der Waals surface area contributed by atoms with E-state index in [1.165, 1.54) is 0 Å². The molecule has 0 saturated carbocycles. The van der Waals surface area contributed by atoms with Gasteiger partial charge in [-0.2, -0.15) is 0 Å². The normalized spacial score (nSPS) is 10.1. The number of carbonyl (C=O) groups is 3. The summed E-state index contributed by atoms with van der Waals surface area (Å²) in [6.45, 7) is 0. The molecule has 0 saturated heterocycles. The summed E-state index contributed by atoms with van der Waals surface area (Å²) in [4.78, 5) is 30.0. The Morgan fingerprint density at radius 2 is 1.29 bits per heavy atom. The first kappa shape index (κ1) is 16.0. The summed E-state index contributed by atoms with van der Waals surface area (Å²) in [5.74, 6) is -5.98. The van der Waals surface area contributed by atoms with Crippen LogP contribution in [0.2, 0.25) is 0 Å². The predicted octanol–water partition coefficient (Wildman–Crippen LogP) is -5.25. The van der Waals surface area contributed by atoms with Crippen LogP contribution in [-0.4, -0.2) is 28.6 Å². The monoisotopic (exact) mass is 364 g/mol. The van der Waals surface area contributed by atoms with Crippen LogP contribution in [0.5, 0.6) is 0 Å². The van der Waals surface area contributed by atoms with E-state index in [-0.39, 0.29) is 36.9 Å². The maximum atomic E-state index is 10.1. The Hall–Kier alpha value is -0.396. The summed E-state index contributed by atoms with van der Waals surface area (Å²) < 4.78 is 0. The van der Waals surface area contributed by atoms with Crippen molar-refractivity contribution in [1.82, 2.24) is 0 Å². The molecule has 0 unspecified atom stereocenters. The number of aliphatic hydroxyl groups is 1. The maximum absolute atomic E-state index is 10.1. The maximum Gasteiger partial charge on any atom is 3.00 e. The number of hydrogen-bond donors (Lipinski definition) is 1. The Labute approximate surface area is 108 Å². The van der Waals surface area contributed by atoms with Gasteiger partial charge in [-0.15, -0.1) is 0 Å². The SMILES string of the molecule is O=C([O-])CC(O)(CC(=O)[O-])C(=O)[O-].[Lu+3]. The Bertz CT molecular complexity index is 233. The zero-order chi connectivity index (χ0) is 10.6. The zero-order valence-electron chi connectivity index (χ0n) is 6.57. The van der Waals surface area contributed by atoms with Crippen LogP contribution in [0.25, 0.3) is 0 Å². The predicted molar refractivity (Wildman–Crippen MR) is 29.2 cm³/mol. The molecule has 0 fully saturated rings. The van der Waals surface area contributed by atoms with Gasteiger partial charge < -0.3 is 34.8 Å². The number of carboxylic acids is 3. The summed E-state index contributed by atoms with van der Waals surface area (Å²) in [6.07, 6.45) is -2.72. The van der Waals surface area contributed by atoms with Gasteiger partial charge in [0, 0.05) is 24.8 Å². The van der Waals surface area contributed by atoms with Crippen molar-refractivity contribution in [3.05, 3.63) is 0 Å². The molecular formula is C6H5LuO7. The smallest absolute Gasteiger partial charge is 0.550 e. The van der Waals surface area contributed by atoms with Gasteiger partial charge in [-0.1, -0.05) is 0 Å². The summed E-state index contributed by atoms with van der Waals surface area (Å²) in [7, 11) is 0. The summed E-state index contributed by atoms with van der Waals surface area (Å²) in [6, 6.07) is 0. The van der Waals surface area contributed by atoms with E-state index in [1.807, 2.05) is 0 Å². The van der Waals surface area contributed by atoms with Gasteiger partial charge in [0.2, 0.25) is 0 Å². The second kappa shape index (κ2) is 6.16. The molecule has 8 heteroatoms. The second-order valence-corrected chi connectivity index (χ2v) is 2.42. The average molecular weight is 364 g/mol. The van der Waals surface area contributed by atoms with Crippen molar-refractivity contribution in [3.8, 4) is 0 Å². The van der Waals surface area contributed by atoms with Crippen molar-refractivity contribution in [1.29, 1.82) is 0 Å². The largest absolute Gasteiger partial charge is 3.00 e. The first-order valence-corrected chi connectivity index (χ1v) is 3.11. The fraction of sp³-hybridized carbons (Fsp3) is 0.500. The molecule has 0 aliphatic heterocycles. The fourth-order valence-electron chi connectivity index (χ4n) is 0.684. The van der Waals surface area contributed by atoms with E-state index >= 15 is 0 Å². The molecule has 0 rings (SSSR count). The fourth-order valence-corrected chi connectivity index (χ4v) is 0.684. The van der Waals surface area contributed by atoms with Crippen molar-refractivity contribution < 1.29 is 71.7 Å². The second-order valence-electron chi connectivity index (χ2n) is 2.42. The molecule has 0 aromatic heterocycles. The van der Waals surface area contributed by atoms with E-state index in [0.717, 1.165) is 0 Å². The van der Waals surface area contributed by atoms with Gasteiger partial charge in [-0.3, -0.25) is 0 Å². The van der Waals surface area contributed by atoms with Gasteiger partial charge in [0.15, 0.2) is 0 Å². The Morgan fingerprint density at radius 1 is 1.00 bits per heavy atom. The third-order valence-corrected chi connectivity index (χ3v) is 1.25. The Kier molecular flexibility index (Phi) is 7.06. The molecule has 0 aromatic carbocycles. The van der Waals surface area contributed by atoms with Crippen LogP contribution in [0, 0.1) is 36.9 Å². The summed E-state index contributed by atoms with van der Waals surface area (Å²) in [5, 5.41) is 38.9. The van der Waals surface area contributed by atoms with E-state index < -0.39 is 36.4 Å².